The lowest BCUT2D eigenvalue weighted by molar-refractivity contribution is 0.415. The molecule has 2 heterocycles. The number of hydrogen-bond acceptors (Lipinski definition) is 5. The Hall–Kier alpha value is -4.20. The highest BCUT2D eigenvalue weighted by Crippen LogP contribution is 2.34. The van der Waals surface area contributed by atoms with E-state index in [4.69, 9.17) is 15.6 Å². The number of aromatic amines is 1. The molecule has 2 aromatic heterocycles. The maximum Gasteiger partial charge on any atom is 0.280 e. The normalized spacial score (nSPS) is 11.1. The summed E-state index contributed by atoms with van der Waals surface area (Å²) < 4.78 is 6.78. The Kier molecular flexibility index (Phi) is 5.48. The van der Waals surface area contributed by atoms with Gasteiger partial charge in [-0.05, 0) is 23.3 Å². The van der Waals surface area contributed by atoms with Crippen molar-refractivity contribution in [3.05, 3.63) is 101 Å². The minimum absolute atomic E-state index is 0.199. The van der Waals surface area contributed by atoms with Gasteiger partial charge in [0.25, 0.3) is 5.56 Å². The fourth-order valence-corrected chi connectivity index (χ4v) is 4.08. The average molecular weight is 438 g/mol. The van der Waals surface area contributed by atoms with Crippen LogP contribution in [0, 0.1) is 0 Å². The van der Waals surface area contributed by atoms with Crippen molar-refractivity contribution < 1.29 is 4.74 Å². The zero-order valence-corrected chi connectivity index (χ0v) is 18.1. The Labute approximate surface area is 190 Å². The summed E-state index contributed by atoms with van der Waals surface area (Å²) in [5, 5.41) is 3.31. The van der Waals surface area contributed by atoms with Gasteiger partial charge in [0.05, 0.1) is 36.2 Å². The summed E-state index contributed by atoms with van der Waals surface area (Å²) in [5.74, 6) is 6.38. The van der Waals surface area contributed by atoms with Crippen LogP contribution in [0.3, 0.4) is 0 Å². The lowest BCUT2D eigenvalue weighted by atomic mass is 10.0. The summed E-state index contributed by atoms with van der Waals surface area (Å²) in [5.41, 5.74) is 8.41. The molecule has 7 heteroatoms. The number of hydrazine groups is 1. The molecule has 0 aliphatic carbocycles. The number of nitrogens with one attached hydrogen (secondary N) is 2. The fourth-order valence-electron chi connectivity index (χ4n) is 4.08. The Morgan fingerprint density at radius 3 is 2.09 bits per heavy atom. The summed E-state index contributed by atoms with van der Waals surface area (Å²) in [7, 11) is 1.61. The van der Waals surface area contributed by atoms with Crippen molar-refractivity contribution in [1.29, 1.82) is 0 Å². The van der Waals surface area contributed by atoms with Gasteiger partial charge in [0.15, 0.2) is 5.65 Å². The third-order valence-electron chi connectivity index (χ3n) is 5.63. The standard InChI is InChI=1S/C26H23N5O2/c1-33-20-14-12-18(13-15-20)22-21(16-28-27)29-25-23(17-8-4-2-5-9-17)24(30-31(25)26(22)32)19-10-6-3-7-11-19/h2-15,28,30H,16,27H2,1H3. The molecule has 0 spiro atoms. The van der Waals surface area contributed by atoms with Crippen molar-refractivity contribution in [2.45, 2.75) is 6.54 Å². The molecule has 0 aliphatic heterocycles. The maximum absolute atomic E-state index is 13.8. The molecule has 0 atom stereocenters. The summed E-state index contributed by atoms with van der Waals surface area (Å²) in [4.78, 5) is 18.7. The van der Waals surface area contributed by atoms with Crippen LogP contribution < -0.4 is 21.6 Å². The first-order chi connectivity index (χ1) is 16.2. The first-order valence-corrected chi connectivity index (χ1v) is 10.6. The molecule has 0 radical (unpaired) electrons. The number of aromatic nitrogens is 3. The van der Waals surface area contributed by atoms with Gasteiger partial charge in [-0.15, -0.1) is 0 Å². The van der Waals surface area contributed by atoms with Gasteiger partial charge in [0.2, 0.25) is 0 Å². The van der Waals surface area contributed by atoms with Crippen molar-refractivity contribution >= 4 is 5.65 Å². The van der Waals surface area contributed by atoms with E-state index in [1.807, 2.05) is 84.9 Å². The van der Waals surface area contributed by atoms with E-state index in [0.29, 0.717) is 22.7 Å². The topological polar surface area (TPSA) is 97.4 Å². The van der Waals surface area contributed by atoms with E-state index in [1.165, 1.54) is 4.52 Å². The molecule has 0 unspecified atom stereocenters. The SMILES string of the molecule is COc1ccc(-c2c(CNN)nc3c(-c4ccccc4)c(-c4ccccc4)[nH]n3c2=O)cc1. The molecule has 0 saturated carbocycles. The lowest BCUT2D eigenvalue weighted by Crippen LogP contribution is -2.26. The number of rotatable bonds is 6. The van der Waals surface area contributed by atoms with E-state index >= 15 is 0 Å². The van der Waals surface area contributed by atoms with Gasteiger partial charge in [0.1, 0.15) is 5.75 Å². The smallest absolute Gasteiger partial charge is 0.280 e. The predicted molar refractivity (Wildman–Crippen MR) is 130 cm³/mol. The summed E-state index contributed by atoms with van der Waals surface area (Å²) in [6.45, 7) is 0.243. The van der Waals surface area contributed by atoms with E-state index in [0.717, 1.165) is 27.9 Å². The van der Waals surface area contributed by atoms with Crippen LogP contribution in [-0.4, -0.2) is 21.7 Å². The van der Waals surface area contributed by atoms with Crippen LogP contribution in [0.5, 0.6) is 5.75 Å². The van der Waals surface area contributed by atoms with Gasteiger partial charge in [-0.25, -0.2) is 4.98 Å². The highest BCUT2D eigenvalue weighted by Gasteiger charge is 2.22. The first-order valence-electron chi connectivity index (χ1n) is 10.6. The Bertz CT molecular complexity index is 1460. The van der Waals surface area contributed by atoms with E-state index < -0.39 is 0 Å². The van der Waals surface area contributed by atoms with Crippen LogP contribution >= 0.6 is 0 Å². The number of H-pyrrole nitrogens is 1. The summed E-state index contributed by atoms with van der Waals surface area (Å²) >= 11 is 0. The predicted octanol–water partition coefficient (Wildman–Crippen LogP) is 4.00. The van der Waals surface area contributed by atoms with Gasteiger partial charge < -0.3 is 4.74 Å². The molecular weight excluding hydrogens is 414 g/mol. The molecule has 5 rings (SSSR count). The van der Waals surface area contributed by atoms with Crippen molar-refractivity contribution in [2.24, 2.45) is 5.84 Å². The molecule has 0 amide bonds. The molecule has 0 aliphatic rings. The van der Waals surface area contributed by atoms with E-state index in [1.54, 1.807) is 7.11 Å². The zero-order chi connectivity index (χ0) is 22.8. The molecule has 4 N–H and O–H groups in total. The van der Waals surface area contributed by atoms with Gasteiger partial charge in [0, 0.05) is 5.56 Å². The second kappa shape index (κ2) is 8.74. The highest BCUT2D eigenvalue weighted by atomic mass is 16.5. The van der Waals surface area contributed by atoms with Crippen molar-refractivity contribution in [3.63, 3.8) is 0 Å². The van der Waals surface area contributed by atoms with E-state index in [-0.39, 0.29) is 12.1 Å². The number of ether oxygens (including phenoxy) is 1. The number of nitrogens with two attached hydrogens (primary N) is 1. The van der Waals surface area contributed by atoms with Crippen molar-refractivity contribution in [1.82, 2.24) is 20.0 Å². The van der Waals surface area contributed by atoms with Crippen molar-refractivity contribution in [2.75, 3.05) is 7.11 Å². The maximum atomic E-state index is 13.8. The van der Waals surface area contributed by atoms with Crippen LogP contribution in [-0.2, 0) is 6.54 Å². The zero-order valence-electron chi connectivity index (χ0n) is 18.1. The van der Waals surface area contributed by atoms with Gasteiger partial charge in [-0.3, -0.25) is 21.2 Å². The van der Waals surface area contributed by atoms with E-state index in [9.17, 15) is 4.79 Å². The molecule has 7 nitrogen and oxygen atoms in total. The minimum Gasteiger partial charge on any atom is -0.497 e. The molecule has 164 valence electrons. The van der Waals surface area contributed by atoms with Crippen molar-refractivity contribution in [3.8, 4) is 39.3 Å². The largest absolute Gasteiger partial charge is 0.497 e. The second-order valence-corrected chi connectivity index (χ2v) is 7.60. The van der Waals surface area contributed by atoms with Crippen LogP contribution in [0.4, 0.5) is 0 Å². The molecule has 3 aromatic carbocycles. The van der Waals surface area contributed by atoms with Crippen LogP contribution in [0.15, 0.2) is 89.7 Å². The number of methoxy groups -OCH3 is 1. The number of hydrogen-bond donors (Lipinski definition) is 3. The van der Waals surface area contributed by atoms with Gasteiger partial charge >= 0.3 is 0 Å². The third-order valence-corrected chi connectivity index (χ3v) is 5.63. The number of nitrogens with zero attached hydrogens (tertiary/aromatic N) is 2. The Balaban J connectivity index is 1.84. The molecule has 5 aromatic rings. The lowest BCUT2D eigenvalue weighted by Gasteiger charge is -2.10. The molecule has 0 fully saturated rings. The summed E-state index contributed by atoms with van der Waals surface area (Å²) in [6, 6.07) is 27.2. The first kappa shape index (κ1) is 20.7. The Morgan fingerprint density at radius 1 is 0.879 bits per heavy atom. The van der Waals surface area contributed by atoms with Gasteiger partial charge in [-0.2, -0.15) is 4.52 Å². The minimum atomic E-state index is -0.199. The molecule has 0 saturated heterocycles. The average Bonchev–Trinajstić information content (AvgIpc) is 3.25. The van der Waals surface area contributed by atoms with Crippen LogP contribution in [0.2, 0.25) is 0 Å². The fraction of sp³-hybridized carbons (Fsp3) is 0.0769. The number of benzene rings is 3. The Morgan fingerprint density at radius 2 is 1.48 bits per heavy atom. The third kappa shape index (κ3) is 3.69. The van der Waals surface area contributed by atoms with Crippen LogP contribution in [0.1, 0.15) is 5.69 Å². The summed E-state index contributed by atoms with van der Waals surface area (Å²) in [6.07, 6.45) is 0. The van der Waals surface area contributed by atoms with Crippen LogP contribution in [0.25, 0.3) is 39.2 Å². The van der Waals surface area contributed by atoms with Gasteiger partial charge in [-0.1, -0.05) is 72.8 Å². The molecular formula is C26H23N5O2. The molecule has 0 bridgehead atoms. The monoisotopic (exact) mass is 437 g/mol. The number of fused-ring (bicyclic) bond motifs is 1. The second-order valence-electron chi connectivity index (χ2n) is 7.60. The highest BCUT2D eigenvalue weighted by molar-refractivity contribution is 5.91. The molecule has 33 heavy (non-hydrogen) atoms. The quantitative estimate of drug-likeness (QED) is 0.276. The van der Waals surface area contributed by atoms with E-state index in [2.05, 4.69) is 10.5 Å².